The van der Waals surface area contributed by atoms with Crippen LogP contribution in [-0.2, 0) is 4.65 Å². The van der Waals surface area contributed by atoms with E-state index in [0.29, 0.717) is 7.48 Å². The van der Waals surface area contributed by atoms with E-state index < -0.39 is 11.2 Å². The van der Waals surface area contributed by atoms with Crippen LogP contribution in [0.2, 0.25) is 0 Å². The van der Waals surface area contributed by atoms with Gasteiger partial charge < -0.3 is 18.6 Å². The fourth-order valence-electron chi connectivity index (χ4n) is 3.75. The summed E-state index contributed by atoms with van der Waals surface area (Å²) in [5.74, 6) is 0.819. The van der Waals surface area contributed by atoms with Gasteiger partial charge in [0, 0.05) is 21.7 Å². The number of rotatable bonds is 5. The first kappa shape index (κ1) is 19.9. The van der Waals surface area contributed by atoms with Gasteiger partial charge in [0.2, 0.25) is 0 Å². The Labute approximate surface area is 181 Å². The zero-order chi connectivity index (χ0) is 21.8. The maximum absolute atomic E-state index is 10.4. The summed E-state index contributed by atoms with van der Waals surface area (Å²) < 4.78 is 18.6. The Hall–Kier alpha value is -3.02. The second kappa shape index (κ2) is 7.01. The van der Waals surface area contributed by atoms with E-state index in [1.165, 1.54) is 0 Å². The van der Waals surface area contributed by atoms with Crippen LogP contribution in [0.1, 0.15) is 27.7 Å². The molecule has 5 aromatic rings. The molecule has 2 aromatic heterocycles. The van der Waals surface area contributed by atoms with E-state index in [4.69, 9.17) is 13.5 Å². The van der Waals surface area contributed by atoms with E-state index in [0.717, 1.165) is 49.7 Å². The van der Waals surface area contributed by atoms with Gasteiger partial charge in [-0.05, 0) is 51.4 Å². The molecule has 31 heavy (non-hydrogen) atoms. The average molecular weight is 412 g/mol. The molecule has 0 radical (unpaired) electrons. The van der Waals surface area contributed by atoms with Gasteiger partial charge in [0.05, 0.1) is 11.2 Å². The molecule has 0 spiro atoms. The molecule has 0 fully saturated rings. The van der Waals surface area contributed by atoms with Crippen molar-refractivity contribution >= 4 is 45.9 Å². The highest BCUT2D eigenvalue weighted by atomic mass is 16.5. The molecule has 3 aromatic carbocycles. The summed E-state index contributed by atoms with van der Waals surface area (Å²) in [6, 6.07) is 22.2. The number of benzene rings is 3. The van der Waals surface area contributed by atoms with Crippen LogP contribution < -0.4 is 5.46 Å². The molecule has 2 heterocycles. The molecule has 1 N–H and O–H groups in total. The van der Waals surface area contributed by atoms with E-state index in [-0.39, 0.29) is 0 Å². The molecule has 0 atom stereocenters. The summed E-state index contributed by atoms with van der Waals surface area (Å²) in [5, 5.41) is 13.4. The molecule has 0 aliphatic carbocycles. The summed E-state index contributed by atoms with van der Waals surface area (Å²) in [6.45, 7) is 7.33. The van der Waals surface area contributed by atoms with Crippen molar-refractivity contribution in [2.75, 3.05) is 0 Å². The third-order valence-electron chi connectivity index (χ3n) is 6.36. The molecule has 156 valence electrons. The van der Waals surface area contributed by atoms with Gasteiger partial charge >= 0.3 is 7.48 Å². The monoisotopic (exact) mass is 412 g/mol. The lowest BCUT2D eigenvalue weighted by molar-refractivity contribution is -0.0893. The summed E-state index contributed by atoms with van der Waals surface area (Å²) in [6.07, 6.45) is 0. The maximum Gasteiger partial charge on any atom is 0.310 e. The van der Waals surface area contributed by atoms with Crippen molar-refractivity contribution in [3.8, 4) is 11.3 Å². The lowest BCUT2D eigenvalue weighted by Gasteiger charge is -2.37. The predicted molar refractivity (Wildman–Crippen MR) is 127 cm³/mol. The van der Waals surface area contributed by atoms with Crippen molar-refractivity contribution in [1.82, 2.24) is 0 Å². The number of aliphatic hydroxyl groups is 1. The number of hydrogen-bond donors (Lipinski definition) is 1. The van der Waals surface area contributed by atoms with E-state index in [1.807, 2.05) is 68.4 Å². The van der Waals surface area contributed by atoms with E-state index >= 15 is 0 Å². The normalized spacial score (nSPS) is 12.8. The first-order chi connectivity index (χ1) is 14.7. The van der Waals surface area contributed by atoms with Crippen LogP contribution in [0.15, 0.2) is 75.6 Å². The van der Waals surface area contributed by atoms with Crippen molar-refractivity contribution in [1.29, 1.82) is 0 Å². The SMILES string of the molecule is CC(C)(O)C(C)(C)OBc1cccc2oc3c(ccc4cc(-c5ccccc5)oc43)c12. The minimum Gasteiger partial charge on any atom is -0.452 e. The Morgan fingerprint density at radius 1 is 0.839 bits per heavy atom. The fraction of sp³-hybridized carbons (Fsp3) is 0.231. The molecular weight excluding hydrogens is 387 g/mol. The second-order valence-corrected chi connectivity index (χ2v) is 9.09. The molecule has 5 heteroatoms. The van der Waals surface area contributed by atoms with Gasteiger partial charge in [-0.1, -0.05) is 48.5 Å². The van der Waals surface area contributed by atoms with Crippen LogP contribution in [0.25, 0.3) is 44.2 Å². The van der Waals surface area contributed by atoms with Crippen LogP contribution in [-0.4, -0.2) is 23.8 Å². The fourth-order valence-corrected chi connectivity index (χ4v) is 3.75. The Morgan fingerprint density at radius 3 is 2.35 bits per heavy atom. The largest absolute Gasteiger partial charge is 0.452 e. The lowest BCUT2D eigenvalue weighted by Crippen LogP contribution is -2.49. The molecule has 0 aliphatic rings. The molecule has 0 aliphatic heterocycles. The maximum atomic E-state index is 10.4. The zero-order valence-electron chi connectivity index (χ0n) is 18.2. The number of furan rings is 2. The van der Waals surface area contributed by atoms with E-state index in [2.05, 4.69) is 12.1 Å². The highest BCUT2D eigenvalue weighted by Crippen LogP contribution is 2.37. The van der Waals surface area contributed by atoms with Gasteiger partial charge in [-0.3, -0.25) is 0 Å². The van der Waals surface area contributed by atoms with Crippen molar-refractivity contribution in [2.45, 2.75) is 38.9 Å². The van der Waals surface area contributed by atoms with Crippen LogP contribution in [0, 0.1) is 0 Å². The topological polar surface area (TPSA) is 55.7 Å². The Kier molecular flexibility index (Phi) is 4.50. The summed E-state index contributed by atoms with van der Waals surface area (Å²) >= 11 is 0. The van der Waals surface area contributed by atoms with Gasteiger partial charge in [-0.15, -0.1) is 0 Å². The van der Waals surface area contributed by atoms with Crippen molar-refractivity contribution in [2.24, 2.45) is 0 Å². The minimum atomic E-state index is -0.965. The molecule has 0 saturated heterocycles. The van der Waals surface area contributed by atoms with Gasteiger partial charge in [0.25, 0.3) is 0 Å². The summed E-state index contributed by atoms with van der Waals surface area (Å²) in [5.41, 5.74) is 2.66. The second-order valence-electron chi connectivity index (χ2n) is 9.09. The Bertz CT molecular complexity index is 1390. The molecule has 0 amide bonds. The lowest BCUT2D eigenvalue weighted by atomic mass is 9.80. The minimum absolute atomic E-state index is 0.369. The molecule has 0 saturated carbocycles. The summed E-state index contributed by atoms with van der Waals surface area (Å²) in [7, 11) is 0.369. The highest BCUT2D eigenvalue weighted by molar-refractivity contribution is 6.53. The molecule has 4 nitrogen and oxygen atoms in total. The van der Waals surface area contributed by atoms with E-state index in [9.17, 15) is 5.11 Å². The molecular formula is C26H25BO4. The van der Waals surface area contributed by atoms with Crippen LogP contribution in [0.5, 0.6) is 0 Å². The molecule has 5 rings (SSSR count). The van der Waals surface area contributed by atoms with Crippen molar-refractivity contribution in [3.63, 3.8) is 0 Å². The molecule has 0 bridgehead atoms. The first-order valence-electron chi connectivity index (χ1n) is 10.5. The smallest absolute Gasteiger partial charge is 0.310 e. The third-order valence-corrected chi connectivity index (χ3v) is 6.36. The third kappa shape index (κ3) is 3.34. The standard InChI is InChI=1S/C26H25BO4/c1-25(2,28)26(3,4)31-27-19-11-8-12-20-22(19)18-14-13-17-15-21(16-9-6-5-7-10-16)30-23(17)24(18)29-20/h5-15,27-28H,1-4H3. The Balaban J connectivity index is 1.62. The van der Waals surface area contributed by atoms with Gasteiger partial charge in [0.15, 0.2) is 11.2 Å². The summed E-state index contributed by atoms with van der Waals surface area (Å²) in [4.78, 5) is 0. The van der Waals surface area contributed by atoms with E-state index in [1.54, 1.807) is 13.8 Å². The Morgan fingerprint density at radius 2 is 1.61 bits per heavy atom. The quantitative estimate of drug-likeness (QED) is 0.385. The average Bonchev–Trinajstić information content (AvgIpc) is 3.33. The zero-order valence-corrected chi connectivity index (χ0v) is 18.2. The van der Waals surface area contributed by atoms with Gasteiger partial charge in [-0.2, -0.15) is 0 Å². The van der Waals surface area contributed by atoms with Crippen LogP contribution in [0.3, 0.4) is 0 Å². The van der Waals surface area contributed by atoms with Crippen LogP contribution in [0.4, 0.5) is 0 Å². The van der Waals surface area contributed by atoms with Crippen molar-refractivity contribution in [3.05, 3.63) is 66.7 Å². The predicted octanol–water partition coefficient (Wildman–Crippen LogP) is 5.54. The number of fused-ring (bicyclic) bond motifs is 5. The van der Waals surface area contributed by atoms with Gasteiger partial charge in [-0.25, -0.2) is 0 Å². The van der Waals surface area contributed by atoms with Crippen LogP contribution >= 0.6 is 0 Å². The first-order valence-corrected chi connectivity index (χ1v) is 10.5. The highest BCUT2D eigenvalue weighted by Gasteiger charge is 2.36. The number of hydrogen-bond acceptors (Lipinski definition) is 4. The molecule has 0 unspecified atom stereocenters. The van der Waals surface area contributed by atoms with Gasteiger partial charge in [0.1, 0.15) is 11.3 Å². The van der Waals surface area contributed by atoms with Crippen molar-refractivity contribution < 1.29 is 18.6 Å².